The number of oxazole rings is 1. The number of benzene rings is 2. The van der Waals surface area contributed by atoms with Crippen molar-refractivity contribution in [3.63, 3.8) is 0 Å². The molecule has 1 aromatic heterocycles. The van der Waals surface area contributed by atoms with Crippen molar-refractivity contribution in [1.82, 2.24) is 4.98 Å². The molecule has 0 saturated carbocycles. The number of aryl methyl sites for hydroxylation is 2. The molecule has 1 heterocycles. The van der Waals surface area contributed by atoms with Crippen molar-refractivity contribution in [3.8, 4) is 0 Å². The third kappa shape index (κ3) is 3.89. The number of nitrogens with one attached hydrogen (secondary N) is 2. The summed E-state index contributed by atoms with van der Waals surface area (Å²) >= 11 is 1.66. The Labute approximate surface area is 143 Å². The van der Waals surface area contributed by atoms with Gasteiger partial charge in [0.05, 0.1) is 5.52 Å². The SMILES string of the molecule is Cc1ccc(SCCC(=O)Nc2ccc3oc(=O)[nH]c3c2)cc1C. The second-order valence-electron chi connectivity index (χ2n) is 5.62. The molecule has 0 aliphatic carbocycles. The van der Waals surface area contributed by atoms with E-state index in [-0.39, 0.29) is 5.91 Å². The molecule has 0 radical (unpaired) electrons. The lowest BCUT2D eigenvalue weighted by Crippen LogP contribution is -2.12. The van der Waals surface area contributed by atoms with Crippen molar-refractivity contribution in [3.05, 3.63) is 58.1 Å². The minimum absolute atomic E-state index is 0.0588. The Kier molecular flexibility index (Phi) is 4.76. The molecule has 0 bridgehead atoms. The van der Waals surface area contributed by atoms with E-state index in [1.807, 2.05) is 0 Å². The lowest BCUT2D eigenvalue weighted by atomic mass is 10.1. The highest BCUT2D eigenvalue weighted by molar-refractivity contribution is 7.99. The first-order valence-electron chi connectivity index (χ1n) is 7.64. The first-order valence-corrected chi connectivity index (χ1v) is 8.62. The van der Waals surface area contributed by atoms with E-state index in [4.69, 9.17) is 4.42 Å². The molecule has 2 aromatic carbocycles. The summed E-state index contributed by atoms with van der Waals surface area (Å²) in [5.74, 6) is 0.147. The van der Waals surface area contributed by atoms with Crippen LogP contribution in [0.25, 0.3) is 11.1 Å². The van der Waals surface area contributed by atoms with Gasteiger partial charge in [-0.15, -0.1) is 11.8 Å². The molecule has 24 heavy (non-hydrogen) atoms. The second-order valence-corrected chi connectivity index (χ2v) is 6.79. The Morgan fingerprint density at radius 3 is 2.79 bits per heavy atom. The summed E-state index contributed by atoms with van der Waals surface area (Å²) in [6.07, 6.45) is 0.414. The highest BCUT2D eigenvalue weighted by Gasteiger charge is 2.06. The van der Waals surface area contributed by atoms with E-state index in [9.17, 15) is 9.59 Å². The predicted octanol–water partition coefficient (Wildman–Crippen LogP) is 3.86. The van der Waals surface area contributed by atoms with Gasteiger partial charge < -0.3 is 9.73 Å². The van der Waals surface area contributed by atoms with Crippen LogP contribution >= 0.6 is 11.8 Å². The summed E-state index contributed by atoms with van der Waals surface area (Å²) in [6.45, 7) is 4.17. The third-order valence-corrected chi connectivity index (χ3v) is 4.77. The van der Waals surface area contributed by atoms with Crippen molar-refractivity contribution in [1.29, 1.82) is 0 Å². The number of H-pyrrole nitrogens is 1. The number of hydrogen-bond donors (Lipinski definition) is 2. The van der Waals surface area contributed by atoms with Gasteiger partial charge in [0.2, 0.25) is 5.91 Å². The number of carbonyl (C=O) groups excluding carboxylic acids is 1. The maximum absolute atomic E-state index is 12.0. The van der Waals surface area contributed by atoms with E-state index >= 15 is 0 Å². The maximum Gasteiger partial charge on any atom is 0.417 e. The van der Waals surface area contributed by atoms with Gasteiger partial charge >= 0.3 is 5.76 Å². The molecule has 0 atom stereocenters. The lowest BCUT2D eigenvalue weighted by Gasteiger charge is -2.06. The average molecular weight is 342 g/mol. The molecule has 5 nitrogen and oxygen atoms in total. The maximum atomic E-state index is 12.0. The zero-order valence-electron chi connectivity index (χ0n) is 13.5. The molecule has 3 rings (SSSR count). The first kappa shape index (κ1) is 16.4. The summed E-state index contributed by atoms with van der Waals surface area (Å²) in [5.41, 5.74) is 4.21. The molecule has 0 unspecified atom stereocenters. The highest BCUT2D eigenvalue weighted by atomic mass is 32.2. The predicted molar refractivity (Wildman–Crippen MR) is 96.7 cm³/mol. The van der Waals surface area contributed by atoms with Crippen LogP contribution in [0, 0.1) is 13.8 Å². The normalized spacial score (nSPS) is 10.9. The summed E-state index contributed by atoms with van der Waals surface area (Å²) in [4.78, 5) is 26.9. The van der Waals surface area contributed by atoms with Crippen molar-refractivity contribution < 1.29 is 9.21 Å². The number of aromatic nitrogens is 1. The van der Waals surface area contributed by atoms with Gasteiger partial charge in [-0.1, -0.05) is 6.07 Å². The minimum Gasteiger partial charge on any atom is -0.408 e. The number of thioether (sulfide) groups is 1. The van der Waals surface area contributed by atoms with E-state index in [0.29, 0.717) is 29.0 Å². The summed E-state index contributed by atoms with van der Waals surface area (Å²) in [6, 6.07) is 11.4. The van der Waals surface area contributed by atoms with Gasteiger partial charge in [0.25, 0.3) is 0 Å². The molecule has 0 spiro atoms. The first-order chi connectivity index (χ1) is 11.5. The number of fused-ring (bicyclic) bond motifs is 1. The van der Waals surface area contributed by atoms with Crippen LogP contribution in [0.2, 0.25) is 0 Å². The van der Waals surface area contributed by atoms with E-state index in [1.54, 1.807) is 30.0 Å². The van der Waals surface area contributed by atoms with Crippen LogP contribution in [0.1, 0.15) is 17.5 Å². The summed E-state index contributed by atoms with van der Waals surface area (Å²) in [5, 5.41) is 2.83. The summed E-state index contributed by atoms with van der Waals surface area (Å²) < 4.78 is 4.93. The zero-order chi connectivity index (χ0) is 17.1. The average Bonchev–Trinajstić information content (AvgIpc) is 2.90. The van der Waals surface area contributed by atoms with Crippen LogP contribution in [0.3, 0.4) is 0 Å². The number of hydrogen-bond acceptors (Lipinski definition) is 4. The molecule has 2 N–H and O–H groups in total. The standard InChI is InChI=1S/C18H18N2O3S/c1-11-3-5-14(9-12(11)2)24-8-7-17(21)19-13-4-6-16-15(10-13)20-18(22)23-16/h3-6,9-10H,7-8H2,1-2H3,(H,19,21)(H,20,22). The van der Waals surface area contributed by atoms with Crippen molar-refractivity contribution >= 4 is 34.5 Å². The molecule has 0 fully saturated rings. The van der Waals surface area contributed by atoms with Gasteiger partial charge in [-0.3, -0.25) is 9.78 Å². The molecular formula is C18H18N2O3S. The zero-order valence-corrected chi connectivity index (χ0v) is 14.3. The van der Waals surface area contributed by atoms with Crippen molar-refractivity contribution in [2.45, 2.75) is 25.2 Å². The van der Waals surface area contributed by atoms with Gasteiger partial charge in [-0.2, -0.15) is 0 Å². The second kappa shape index (κ2) is 6.97. The van der Waals surface area contributed by atoms with Crippen molar-refractivity contribution in [2.75, 3.05) is 11.1 Å². The number of anilines is 1. The van der Waals surface area contributed by atoms with Crippen molar-refractivity contribution in [2.24, 2.45) is 0 Å². The Hall–Kier alpha value is -2.47. The highest BCUT2D eigenvalue weighted by Crippen LogP contribution is 2.22. The molecule has 124 valence electrons. The van der Waals surface area contributed by atoms with Gasteiger partial charge in [0, 0.05) is 22.8 Å². The topological polar surface area (TPSA) is 75.1 Å². The molecular weight excluding hydrogens is 324 g/mol. The van der Waals surface area contributed by atoms with Crippen LogP contribution in [0.4, 0.5) is 5.69 Å². The third-order valence-electron chi connectivity index (χ3n) is 3.78. The van der Waals surface area contributed by atoms with Crippen LogP contribution in [-0.2, 0) is 4.79 Å². The monoisotopic (exact) mass is 342 g/mol. The van der Waals surface area contributed by atoms with Gasteiger partial charge in [0.15, 0.2) is 5.58 Å². The van der Waals surface area contributed by atoms with E-state index in [0.717, 1.165) is 0 Å². The number of carbonyl (C=O) groups is 1. The molecule has 1 amide bonds. The Morgan fingerprint density at radius 1 is 1.17 bits per heavy atom. The molecule has 3 aromatic rings. The number of aromatic amines is 1. The smallest absolute Gasteiger partial charge is 0.408 e. The fourth-order valence-corrected chi connectivity index (χ4v) is 3.27. The van der Waals surface area contributed by atoms with E-state index in [2.05, 4.69) is 42.3 Å². The molecule has 6 heteroatoms. The lowest BCUT2D eigenvalue weighted by molar-refractivity contribution is -0.115. The Balaban J connectivity index is 1.54. The van der Waals surface area contributed by atoms with Crippen LogP contribution < -0.4 is 11.1 Å². The van der Waals surface area contributed by atoms with Gasteiger partial charge in [-0.05, 0) is 55.3 Å². The Morgan fingerprint density at radius 2 is 2.00 bits per heavy atom. The minimum atomic E-state index is -0.502. The van der Waals surface area contributed by atoms with E-state index in [1.165, 1.54) is 16.0 Å². The summed E-state index contributed by atoms with van der Waals surface area (Å²) in [7, 11) is 0. The molecule has 0 aliphatic heterocycles. The largest absolute Gasteiger partial charge is 0.417 e. The van der Waals surface area contributed by atoms with Gasteiger partial charge in [-0.25, -0.2) is 4.79 Å². The van der Waals surface area contributed by atoms with Crippen LogP contribution in [0.15, 0.2) is 50.5 Å². The fourth-order valence-electron chi connectivity index (χ4n) is 2.32. The fraction of sp³-hybridized carbons (Fsp3) is 0.222. The van der Waals surface area contributed by atoms with Gasteiger partial charge in [0.1, 0.15) is 0 Å². The molecule has 0 saturated heterocycles. The number of rotatable bonds is 5. The number of amides is 1. The molecule has 0 aliphatic rings. The van der Waals surface area contributed by atoms with E-state index < -0.39 is 5.76 Å². The van der Waals surface area contributed by atoms with Crippen LogP contribution in [0.5, 0.6) is 0 Å². The Bertz CT molecular complexity index is 943. The quantitative estimate of drug-likeness (QED) is 0.691. The van der Waals surface area contributed by atoms with Crippen LogP contribution in [-0.4, -0.2) is 16.6 Å².